The van der Waals surface area contributed by atoms with Crippen LogP contribution in [-0.4, -0.2) is 34.8 Å². The number of carboxylic acids is 1. The van der Waals surface area contributed by atoms with Gasteiger partial charge in [0.05, 0.1) is 40.6 Å². The fourth-order valence-corrected chi connectivity index (χ4v) is 4.94. The van der Waals surface area contributed by atoms with Crippen LogP contribution in [0.3, 0.4) is 0 Å². The van der Waals surface area contributed by atoms with Crippen LogP contribution in [0, 0.1) is 0 Å². The fraction of sp³-hybridized carbons (Fsp3) is 0.231. The number of allylic oxidation sites excluding steroid dienone is 1. The Bertz CT molecular complexity index is 1480. The second-order valence-corrected chi connectivity index (χ2v) is 8.74. The Hall–Kier alpha value is -3.98. The molecule has 180 valence electrons. The minimum atomic E-state index is -1.02. The summed E-state index contributed by atoms with van der Waals surface area (Å²) in [6.07, 6.45) is 1.69. The van der Waals surface area contributed by atoms with Crippen LogP contribution in [0.15, 0.2) is 69.6 Å². The van der Waals surface area contributed by atoms with Gasteiger partial charge in [-0.3, -0.25) is 9.36 Å². The van der Waals surface area contributed by atoms with Gasteiger partial charge >= 0.3 is 11.9 Å². The van der Waals surface area contributed by atoms with Crippen molar-refractivity contribution in [3.8, 4) is 5.75 Å². The van der Waals surface area contributed by atoms with Gasteiger partial charge in [-0.15, -0.1) is 0 Å². The molecule has 2 heterocycles. The second kappa shape index (κ2) is 10.1. The largest absolute Gasteiger partial charge is 0.494 e. The molecule has 0 saturated heterocycles. The highest BCUT2D eigenvalue weighted by Gasteiger charge is 2.33. The molecule has 1 aliphatic heterocycles. The van der Waals surface area contributed by atoms with Gasteiger partial charge in [-0.25, -0.2) is 14.6 Å². The van der Waals surface area contributed by atoms with E-state index < -0.39 is 18.0 Å². The van der Waals surface area contributed by atoms with Crippen molar-refractivity contribution >= 4 is 29.4 Å². The first-order valence-electron chi connectivity index (χ1n) is 11.1. The summed E-state index contributed by atoms with van der Waals surface area (Å²) in [4.78, 5) is 42.6. The lowest BCUT2D eigenvalue weighted by Crippen LogP contribution is -2.39. The number of benzene rings is 2. The van der Waals surface area contributed by atoms with E-state index in [0.717, 1.165) is 5.56 Å². The maximum Gasteiger partial charge on any atom is 0.338 e. The van der Waals surface area contributed by atoms with E-state index in [4.69, 9.17) is 14.6 Å². The lowest BCUT2D eigenvalue weighted by molar-refractivity contribution is -0.139. The minimum absolute atomic E-state index is 0.161. The van der Waals surface area contributed by atoms with Crippen LogP contribution in [0.5, 0.6) is 5.75 Å². The Balaban J connectivity index is 1.88. The summed E-state index contributed by atoms with van der Waals surface area (Å²) in [6, 6.07) is 12.8. The molecule has 1 aromatic heterocycles. The number of carbonyl (C=O) groups excluding carboxylic acids is 1. The van der Waals surface area contributed by atoms with Crippen LogP contribution in [0.25, 0.3) is 6.08 Å². The van der Waals surface area contributed by atoms with E-state index in [-0.39, 0.29) is 17.7 Å². The van der Waals surface area contributed by atoms with E-state index in [9.17, 15) is 14.4 Å². The number of aromatic nitrogens is 1. The molecule has 3 aromatic rings. The monoisotopic (exact) mass is 492 g/mol. The third-order valence-corrected chi connectivity index (χ3v) is 6.46. The molecule has 2 aromatic carbocycles. The van der Waals surface area contributed by atoms with Gasteiger partial charge in [0, 0.05) is 0 Å². The van der Waals surface area contributed by atoms with Gasteiger partial charge < -0.3 is 14.6 Å². The average Bonchev–Trinajstić information content (AvgIpc) is 3.13. The van der Waals surface area contributed by atoms with Gasteiger partial charge in [0.2, 0.25) is 0 Å². The van der Waals surface area contributed by atoms with Crippen molar-refractivity contribution in [3.05, 3.63) is 96.2 Å². The average molecular weight is 493 g/mol. The van der Waals surface area contributed by atoms with Gasteiger partial charge in [-0.1, -0.05) is 35.6 Å². The molecule has 8 nitrogen and oxygen atoms in total. The topological polar surface area (TPSA) is 107 Å². The van der Waals surface area contributed by atoms with Crippen molar-refractivity contribution in [1.82, 2.24) is 4.57 Å². The van der Waals surface area contributed by atoms with E-state index in [2.05, 4.69) is 4.99 Å². The molecule has 0 saturated carbocycles. The third-order valence-electron chi connectivity index (χ3n) is 5.48. The molecular weight excluding hydrogens is 468 g/mol. The number of ether oxygens (including phenoxy) is 2. The smallest absolute Gasteiger partial charge is 0.338 e. The molecule has 0 unspecified atom stereocenters. The zero-order valence-electron chi connectivity index (χ0n) is 19.5. The number of aromatic carboxylic acids is 1. The number of thiazole rings is 1. The van der Waals surface area contributed by atoms with E-state index in [1.54, 1.807) is 44.2 Å². The Morgan fingerprint density at radius 3 is 2.37 bits per heavy atom. The third kappa shape index (κ3) is 4.81. The second-order valence-electron chi connectivity index (χ2n) is 7.73. The number of nitrogens with zero attached hydrogens (tertiary/aromatic N) is 2. The molecule has 0 aliphatic carbocycles. The number of carboxylic acid groups (broad SMARTS) is 1. The van der Waals surface area contributed by atoms with E-state index >= 15 is 0 Å². The van der Waals surface area contributed by atoms with Crippen LogP contribution in [0.2, 0.25) is 0 Å². The maximum atomic E-state index is 13.6. The van der Waals surface area contributed by atoms with Crippen molar-refractivity contribution in [3.63, 3.8) is 0 Å². The van der Waals surface area contributed by atoms with Gasteiger partial charge in [0.15, 0.2) is 4.80 Å². The minimum Gasteiger partial charge on any atom is -0.494 e. The van der Waals surface area contributed by atoms with Crippen molar-refractivity contribution in [2.45, 2.75) is 26.8 Å². The van der Waals surface area contributed by atoms with Crippen molar-refractivity contribution in [1.29, 1.82) is 0 Å². The summed E-state index contributed by atoms with van der Waals surface area (Å²) in [6.45, 7) is 6.07. The summed E-state index contributed by atoms with van der Waals surface area (Å²) >= 11 is 1.21. The Morgan fingerprint density at radius 2 is 1.77 bits per heavy atom. The van der Waals surface area contributed by atoms with Gasteiger partial charge in [-0.05, 0) is 62.2 Å². The zero-order valence-corrected chi connectivity index (χ0v) is 20.3. The molecule has 1 aliphatic rings. The SMILES string of the molecule is CCOC(=O)C1=C(C)N=c2s/c(=C/c3ccc(C(=O)O)cc3)c(=O)n2[C@@H]1c1ccc(OCC)cc1. The van der Waals surface area contributed by atoms with Crippen LogP contribution in [-0.2, 0) is 9.53 Å². The van der Waals surface area contributed by atoms with E-state index in [1.807, 2.05) is 19.1 Å². The highest BCUT2D eigenvalue weighted by molar-refractivity contribution is 7.07. The molecule has 35 heavy (non-hydrogen) atoms. The zero-order chi connectivity index (χ0) is 25.1. The predicted molar refractivity (Wildman–Crippen MR) is 131 cm³/mol. The summed E-state index contributed by atoms with van der Waals surface area (Å²) in [7, 11) is 0. The lowest BCUT2D eigenvalue weighted by atomic mass is 9.96. The van der Waals surface area contributed by atoms with E-state index in [0.29, 0.717) is 38.5 Å². The van der Waals surface area contributed by atoms with E-state index in [1.165, 1.54) is 28.0 Å². The lowest BCUT2D eigenvalue weighted by Gasteiger charge is -2.24. The number of fused-ring (bicyclic) bond motifs is 1. The van der Waals surface area contributed by atoms with Gasteiger partial charge in [-0.2, -0.15) is 0 Å². The quantitative estimate of drug-likeness (QED) is 0.509. The Morgan fingerprint density at radius 1 is 1.09 bits per heavy atom. The number of hydrogen-bond acceptors (Lipinski definition) is 7. The van der Waals surface area contributed by atoms with Gasteiger partial charge in [0.25, 0.3) is 5.56 Å². The Kier molecular flexibility index (Phi) is 6.97. The number of carbonyl (C=O) groups is 2. The van der Waals surface area contributed by atoms with Gasteiger partial charge in [0.1, 0.15) is 5.75 Å². The van der Waals surface area contributed by atoms with Crippen LogP contribution in [0.1, 0.15) is 48.3 Å². The molecule has 1 atom stereocenters. The summed E-state index contributed by atoms with van der Waals surface area (Å²) < 4.78 is 12.8. The fourth-order valence-electron chi connectivity index (χ4n) is 3.89. The number of rotatable bonds is 7. The summed E-state index contributed by atoms with van der Waals surface area (Å²) in [5, 5.41) is 9.11. The molecule has 1 N–H and O–H groups in total. The molecule has 0 amide bonds. The van der Waals surface area contributed by atoms with Crippen molar-refractivity contribution < 1.29 is 24.2 Å². The maximum absolute atomic E-state index is 13.6. The normalized spacial score (nSPS) is 15.4. The standard InChI is InChI=1S/C26H24N2O6S/c1-4-33-19-12-10-17(11-13-19)22-21(25(32)34-5-2)15(3)27-26-28(22)23(29)20(35-26)14-16-6-8-18(9-7-16)24(30)31/h6-14,22H,4-5H2,1-3H3,(H,30,31)/b20-14+/t22-/m1/s1. The first kappa shape index (κ1) is 24.2. The molecule has 0 bridgehead atoms. The molecule has 0 spiro atoms. The highest BCUT2D eigenvalue weighted by Crippen LogP contribution is 2.31. The number of hydrogen-bond donors (Lipinski definition) is 1. The van der Waals surface area contributed by atoms with Crippen molar-refractivity contribution in [2.75, 3.05) is 13.2 Å². The molecule has 4 rings (SSSR count). The predicted octanol–water partition coefficient (Wildman–Crippen LogP) is 2.90. The highest BCUT2D eigenvalue weighted by atomic mass is 32.1. The molecule has 9 heteroatoms. The van der Waals surface area contributed by atoms with Crippen LogP contribution >= 0.6 is 11.3 Å². The molecular formula is C26H24N2O6S. The Labute approximate surface area is 205 Å². The van der Waals surface area contributed by atoms with Crippen molar-refractivity contribution in [2.24, 2.45) is 4.99 Å². The number of esters is 1. The van der Waals surface area contributed by atoms with Crippen LogP contribution in [0.4, 0.5) is 0 Å². The molecule has 0 radical (unpaired) electrons. The summed E-state index contributed by atoms with van der Waals surface area (Å²) in [5.41, 5.74) is 2.06. The summed E-state index contributed by atoms with van der Waals surface area (Å²) in [5.74, 6) is -0.855. The molecule has 0 fully saturated rings. The first-order valence-corrected chi connectivity index (χ1v) is 11.9. The first-order chi connectivity index (χ1) is 16.8. The van der Waals surface area contributed by atoms with Crippen LogP contribution < -0.4 is 19.6 Å².